The fourth-order valence-corrected chi connectivity index (χ4v) is 5.16. The lowest BCUT2D eigenvalue weighted by atomic mass is 10.0. The molecular weight excluding hydrogens is 416 g/mol. The summed E-state index contributed by atoms with van der Waals surface area (Å²) >= 11 is 0. The molecule has 0 unspecified atom stereocenters. The van der Waals surface area contributed by atoms with E-state index in [4.69, 9.17) is 4.98 Å². The lowest BCUT2D eigenvalue weighted by Gasteiger charge is -2.29. The van der Waals surface area contributed by atoms with Crippen LogP contribution in [-0.2, 0) is 10.0 Å². The van der Waals surface area contributed by atoms with Gasteiger partial charge in [-0.05, 0) is 43.0 Å². The molecule has 0 spiro atoms. The molecule has 0 amide bonds. The molecule has 2 aromatic heterocycles. The van der Waals surface area contributed by atoms with Crippen molar-refractivity contribution in [2.45, 2.75) is 24.9 Å². The maximum Gasteiger partial charge on any atom is 0.231 e. The van der Waals surface area contributed by atoms with Crippen LogP contribution in [0.3, 0.4) is 0 Å². The third-order valence-corrected chi connectivity index (χ3v) is 6.42. The number of sulfonamides is 1. The van der Waals surface area contributed by atoms with Crippen molar-refractivity contribution in [1.29, 1.82) is 0 Å². The number of H-pyrrole nitrogens is 1. The Bertz CT molecular complexity index is 1250. The molecule has 3 heterocycles. The Hall–Kier alpha value is -3.11. The second-order valence-electron chi connectivity index (χ2n) is 8.08. The van der Waals surface area contributed by atoms with Gasteiger partial charge < -0.3 is 20.3 Å². The Labute approximate surface area is 180 Å². The second-order valence-corrected chi connectivity index (χ2v) is 9.83. The van der Waals surface area contributed by atoms with Crippen LogP contribution in [0, 0.1) is 5.92 Å². The predicted octanol–water partition coefficient (Wildman–Crippen LogP) is 2.59. The number of anilines is 4. The van der Waals surface area contributed by atoms with Crippen LogP contribution in [0.15, 0.2) is 48.7 Å². The predicted molar refractivity (Wildman–Crippen MR) is 121 cm³/mol. The molecule has 162 valence electrons. The number of fused-ring (bicyclic) bond motifs is 2. The highest BCUT2D eigenvalue weighted by molar-refractivity contribution is 7.92. The number of nitrogens with zero attached hydrogens (tertiary/aromatic N) is 3. The van der Waals surface area contributed by atoms with Crippen molar-refractivity contribution in [3.63, 3.8) is 0 Å². The molecule has 5 rings (SSSR count). The fourth-order valence-electron chi connectivity index (χ4n) is 4.61. The van der Waals surface area contributed by atoms with Gasteiger partial charge in [0.1, 0.15) is 11.5 Å². The van der Waals surface area contributed by atoms with Gasteiger partial charge in [-0.3, -0.25) is 4.72 Å². The molecule has 1 aliphatic carbocycles. The number of aromatic nitrogens is 3. The molecule has 3 aromatic rings. The SMILES string of the molecule is CS(=O)(=O)Nc1cccc(Nc2nc(N3[C@H](CO)C[C@@H]4CC=C[C@H]43)c3cc[nH]c3n2)c1. The summed E-state index contributed by atoms with van der Waals surface area (Å²) in [5.74, 6) is 1.65. The topological polar surface area (TPSA) is 123 Å². The number of allylic oxidation sites excluding steroid dienone is 1. The average Bonchev–Trinajstić information content (AvgIpc) is 3.41. The molecule has 4 N–H and O–H groups in total. The summed E-state index contributed by atoms with van der Waals surface area (Å²) in [6, 6.07) is 9.09. The largest absolute Gasteiger partial charge is 0.394 e. The van der Waals surface area contributed by atoms with Crippen LogP contribution < -0.4 is 14.9 Å². The summed E-state index contributed by atoms with van der Waals surface area (Å²) in [6.45, 7) is 0.0682. The van der Waals surface area contributed by atoms with Crippen molar-refractivity contribution in [2.24, 2.45) is 5.92 Å². The number of hydrogen-bond donors (Lipinski definition) is 4. The van der Waals surface area contributed by atoms with Crippen molar-refractivity contribution in [2.75, 3.05) is 27.8 Å². The van der Waals surface area contributed by atoms with Crippen LogP contribution in [0.25, 0.3) is 11.0 Å². The Morgan fingerprint density at radius 2 is 2.10 bits per heavy atom. The first-order valence-electron chi connectivity index (χ1n) is 10.2. The molecule has 9 nitrogen and oxygen atoms in total. The van der Waals surface area contributed by atoms with Crippen LogP contribution in [0.2, 0.25) is 0 Å². The molecule has 0 radical (unpaired) electrons. The first-order chi connectivity index (χ1) is 14.9. The lowest BCUT2D eigenvalue weighted by molar-refractivity contribution is 0.262. The van der Waals surface area contributed by atoms with E-state index in [1.54, 1.807) is 18.2 Å². The molecule has 1 aliphatic heterocycles. The number of aliphatic hydroxyl groups excluding tert-OH is 1. The van der Waals surface area contributed by atoms with Crippen LogP contribution in [0.1, 0.15) is 12.8 Å². The lowest BCUT2D eigenvalue weighted by Crippen LogP contribution is -2.38. The van der Waals surface area contributed by atoms with Gasteiger partial charge in [-0.1, -0.05) is 18.2 Å². The highest BCUT2D eigenvalue weighted by Gasteiger charge is 2.42. The molecular formula is C21H24N6O3S. The van der Waals surface area contributed by atoms with Gasteiger partial charge in [0.25, 0.3) is 0 Å². The van der Waals surface area contributed by atoms with E-state index in [9.17, 15) is 13.5 Å². The Balaban J connectivity index is 1.52. The van der Waals surface area contributed by atoms with Crippen LogP contribution >= 0.6 is 0 Å². The van der Waals surface area contributed by atoms with Gasteiger partial charge >= 0.3 is 0 Å². The third kappa shape index (κ3) is 3.84. The summed E-state index contributed by atoms with van der Waals surface area (Å²) in [4.78, 5) is 14.8. The molecule has 0 bridgehead atoms. The molecule has 31 heavy (non-hydrogen) atoms. The minimum Gasteiger partial charge on any atom is -0.394 e. The summed E-state index contributed by atoms with van der Waals surface area (Å²) in [7, 11) is -3.37. The number of nitrogens with one attached hydrogen (secondary N) is 3. The van der Waals surface area contributed by atoms with Gasteiger partial charge in [-0.15, -0.1) is 0 Å². The number of aliphatic hydroxyl groups is 1. The summed E-state index contributed by atoms with van der Waals surface area (Å²) in [6.07, 6.45) is 9.28. The van der Waals surface area contributed by atoms with Gasteiger partial charge in [0.15, 0.2) is 0 Å². The first-order valence-corrected chi connectivity index (χ1v) is 12.1. The highest BCUT2D eigenvalue weighted by atomic mass is 32.2. The van der Waals surface area contributed by atoms with E-state index in [-0.39, 0.29) is 18.7 Å². The fraction of sp³-hybridized carbons (Fsp3) is 0.333. The molecule has 1 aromatic carbocycles. The normalized spacial score (nSPS) is 22.8. The maximum absolute atomic E-state index is 11.5. The minimum atomic E-state index is -3.37. The quantitative estimate of drug-likeness (QED) is 0.435. The van der Waals surface area contributed by atoms with Gasteiger partial charge in [-0.25, -0.2) is 8.42 Å². The van der Waals surface area contributed by atoms with Crippen molar-refractivity contribution in [1.82, 2.24) is 15.0 Å². The zero-order chi connectivity index (χ0) is 21.6. The van der Waals surface area contributed by atoms with Crippen LogP contribution in [-0.4, -0.2) is 53.4 Å². The van der Waals surface area contributed by atoms with E-state index in [1.165, 1.54) is 0 Å². The Morgan fingerprint density at radius 3 is 2.90 bits per heavy atom. The van der Waals surface area contributed by atoms with E-state index >= 15 is 0 Å². The van der Waals surface area contributed by atoms with E-state index in [0.29, 0.717) is 28.9 Å². The van der Waals surface area contributed by atoms with Crippen molar-refractivity contribution in [3.8, 4) is 0 Å². The van der Waals surface area contributed by atoms with E-state index in [1.807, 2.05) is 18.3 Å². The molecule has 2 aliphatic rings. The molecule has 1 saturated heterocycles. The smallest absolute Gasteiger partial charge is 0.231 e. The Kier molecular flexibility index (Phi) is 4.82. The molecule has 10 heteroatoms. The summed E-state index contributed by atoms with van der Waals surface area (Å²) in [5.41, 5.74) is 1.80. The molecule has 3 atom stereocenters. The van der Waals surface area contributed by atoms with Crippen molar-refractivity contribution < 1.29 is 13.5 Å². The van der Waals surface area contributed by atoms with Gasteiger partial charge in [0, 0.05) is 11.9 Å². The minimum absolute atomic E-state index is 0.00286. The second kappa shape index (κ2) is 7.54. The zero-order valence-corrected chi connectivity index (χ0v) is 17.8. The van der Waals surface area contributed by atoms with Crippen molar-refractivity contribution >= 4 is 44.2 Å². The van der Waals surface area contributed by atoms with E-state index in [0.717, 1.165) is 30.3 Å². The standard InChI is InChI=1S/C21H24N6O3S/c1-31(29,30)26-15-6-3-5-14(11-15)23-21-24-19-17(8-9-22-19)20(25-21)27-16(12-28)10-13-4-2-7-18(13)27/h2-3,5-9,11,13,16,18,26,28H,4,10,12H2,1H3,(H2,22,23,24,25)/t13-,16-,18+/m0/s1. The summed E-state index contributed by atoms with van der Waals surface area (Å²) in [5, 5.41) is 14.1. The zero-order valence-electron chi connectivity index (χ0n) is 17.0. The number of rotatable bonds is 6. The number of benzene rings is 1. The summed E-state index contributed by atoms with van der Waals surface area (Å²) < 4.78 is 25.5. The van der Waals surface area contributed by atoms with Crippen LogP contribution in [0.5, 0.6) is 0 Å². The monoisotopic (exact) mass is 440 g/mol. The van der Waals surface area contributed by atoms with Crippen molar-refractivity contribution in [3.05, 3.63) is 48.7 Å². The first kappa shape index (κ1) is 19.8. The van der Waals surface area contributed by atoms with Gasteiger partial charge in [0.05, 0.1) is 36.0 Å². The van der Waals surface area contributed by atoms with E-state index in [2.05, 4.69) is 37.1 Å². The maximum atomic E-state index is 11.5. The molecule has 0 saturated carbocycles. The van der Waals surface area contributed by atoms with E-state index < -0.39 is 10.0 Å². The molecule has 1 fully saturated rings. The van der Waals surface area contributed by atoms with Gasteiger partial charge in [0.2, 0.25) is 16.0 Å². The van der Waals surface area contributed by atoms with Crippen LogP contribution in [0.4, 0.5) is 23.1 Å². The Morgan fingerprint density at radius 1 is 1.26 bits per heavy atom. The van der Waals surface area contributed by atoms with Gasteiger partial charge in [-0.2, -0.15) is 9.97 Å². The third-order valence-electron chi connectivity index (χ3n) is 5.82. The number of aromatic amines is 1. The highest BCUT2D eigenvalue weighted by Crippen LogP contribution is 2.42. The number of hydrogen-bond acceptors (Lipinski definition) is 7. The average molecular weight is 441 g/mol.